The molecule has 28 heavy (non-hydrogen) atoms. The fourth-order valence-electron chi connectivity index (χ4n) is 3.72. The fourth-order valence-corrected chi connectivity index (χ4v) is 4.34. The van der Waals surface area contributed by atoms with Crippen molar-refractivity contribution in [1.82, 2.24) is 9.55 Å². The van der Waals surface area contributed by atoms with Crippen molar-refractivity contribution in [2.45, 2.75) is 20.0 Å². The molecule has 0 unspecified atom stereocenters. The van der Waals surface area contributed by atoms with Crippen molar-refractivity contribution in [3.05, 3.63) is 76.2 Å². The number of benzene rings is 2. The van der Waals surface area contributed by atoms with Crippen LogP contribution in [0.3, 0.4) is 0 Å². The van der Waals surface area contributed by atoms with Crippen LogP contribution in [0.25, 0.3) is 11.0 Å². The van der Waals surface area contributed by atoms with Crippen molar-refractivity contribution in [2.75, 3.05) is 16.8 Å². The fraction of sp³-hybridized carbons (Fsp3) is 0.182. The molecule has 0 bridgehead atoms. The van der Waals surface area contributed by atoms with E-state index >= 15 is 0 Å². The summed E-state index contributed by atoms with van der Waals surface area (Å²) in [7, 11) is 0. The van der Waals surface area contributed by atoms with Gasteiger partial charge in [-0.25, -0.2) is 4.98 Å². The van der Waals surface area contributed by atoms with Gasteiger partial charge >= 0.3 is 0 Å². The second-order valence-corrected chi connectivity index (χ2v) is 7.97. The minimum Gasteiger partial charge on any atom is -0.362 e. The standard InChI is InChI=1S/C22H20N4OS/c1-15-8-9-16(13-18(15)24-22(27)20-7-4-12-28-20)25-10-11-26-19-6-3-2-5-17(19)23-21(26)14-25/h2-9,12-13H,10-11,14H2,1H3,(H,24,27). The molecule has 0 aliphatic carbocycles. The maximum Gasteiger partial charge on any atom is 0.265 e. The van der Waals surface area contributed by atoms with Crippen LogP contribution in [-0.2, 0) is 13.1 Å². The monoisotopic (exact) mass is 388 g/mol. The highest BCUT2D eigenvalue weighted by Crippen LogP contribution is 2.28. The number of carbonyl (C=O) groups excluding carboxylic acids is 1. The van der Waals surface area contributed by atoms with Crippen molar-refractivity contribution in [2.24, 2.45) is 0 Å². The summed E-state index contributed by atoms with van der Waals surface area (Å²) in [4.78, 5) is 20.3. The van der Waals surface area contributed by atoms with E-state index in [9.17, 15) is 4.79 Å². The molecule has 0 fully saturated rings. The van der Waals surface area contributed by atoms with Gasteiger partial charge in [-0.1, -0.05) is 24.3 Å². The Morgan fingerprint density at radius 3 is 2.86 bits per heavy atom. The topological polar surface area (TPSA) is 50.2 Å². The number of fused-ring (bicyclic) bond motifs is 3. The summed E-state index contributed by atoms with van der Waals surface area (Å²) in [6.45, 7) is 4.59. The van der Waals surface area contributed by atoms with Gasteiger partial charge in [0.15, 0.2) is 0 Å². The zero-order valence-corrected chi connectivity index (χ0v) is 16.4. The van der Waals surface area contributed by atoms with Crippen molar-refractivity contribution in [3.8, 4) is 0 Å². The Hall–Kier alpha value is -3.12. The Labute approximate surface area is 167 Å². The van der Waals surface area contributed by atoms with Crippen LogP contribution in [0.4, 0.5) is 11.4 Å². The number of thiophene rings is 1. The van der Waals surface area contributed by atoms with Gasteiger partial charge in [0, 0.05) is 24.5 Å². The lowest BCUT2D eigenvalue weighted by Crippen LogP contribution is -2.33. The van der Waals surface area contributed by atoms with Crippen LogP contribution in [0.5, 0.6) is 0 Å². The number of para-hydroxylation sites is 2. The molecule has 0 saturated carbocycles. The largest absolute Gasteiger partial charge is 0.362 e. The molecule has 5 rings (SSSR count). The number of rotatable bonds is 3. The van der Waals surface area contributed by atoms with E-state index in [0.29, 0.717) is 0 Å². The summed E-state index contributed by atoms with van der Waals surface area (Å²) in [5, 5.41) is 4.97. The van der Waals surface area contributed by atoms with Crippen LogP contribution < -0.4 is 10.2 Å². The Balaban J connectivity index is 1.41. The van der Waals surface area contributed by atoms with Gasteiger partial charge in [-0.2, -0.15) is 0 Å². The van der Waals surface area contributed by atoms with E-state index in [1.54, 1.807) is 0 Å². The number of amides is 1. The number of hydrogen-bond acceptors (Lipinski definition) is 4. The molecule has 140 valence electrons. The maximum absolute atomic E-state index is 12.5. The van der Waals surface area contributed by atoms with E-state index in [1.165, 1.54) is 16.9 Å². The van der Waals surface area contributed by atoms with Gasteiger partial charge in [-0.15, -0.1) is 11.3 Å². The van der Waals surface area contributed by atoms with Gasteiger partial charge in [0.05, 0.1) is 22.5 Å². The van der Waals surface area contributed by atoms with Crippen LogP contribution >= 0.6 is 11.3 Å². The molecular weight excluding hydrogens is 368 g/mol. The Morgan fingerprint density at radius 1 is 1.11 bits per heavy atom. The van der Waals surface area contributed by atoms with Gasteiger partial charge < -0.3 is 14.8 Å². The predicted molar refractivity (Wildman–Crippen MR) is 114 cm³/mol. The summed E-state index contributed by atoms with van der Waals surface area (Å²) in [5.74, 6) is 1.02. The Kier molecular flexibility index (Phi) is 4.13. The normalized spacial score (nSPS) is 13.5. The Bertz CT molecular complexity index is 1160. The predicted octanol–water partition coefficient (Wildman–Crippen LogP) is 4.68. The van der Waals surface area contributed by atoms with E-state index in [2.05, 4.69) is 51.2 Å². The number of aryl methyl sites for hydroxylation is 1. The highest BCUT2D eigenvalue weighted by atomic mass is 32.1. The summed E-state index contributed by atoms with van der Waals surface area (Å²) >= 11 is 1.45. The Morgan fingerprint density at radius 2 is 2.00 bits per heavy atom. The van der Waals surface area contributed by atoms with Gasteiger partial charge in [-0.3, -0.25) is 4.79 Å². The summed E-state index contributed by atoms with van der Waals surface area (Å²) in [6.07, 6.45) is 0. The quantitative estimate of drug-likeness (QED) is 0.554. The second-order valence-electron chi connectivity index (χ2n) is 7.02. The first kappa shape index (κ1) is 17.0. The molecule has 1 aliphatic rings. The third-order valence-corrected chi connectivity index (χ3v) is 6.11. The SMILES string of the molecule is Cc1ccc(N2CCn3c(nc4ccccc43)C2)cc1NC(=O)c1cccs1. The average Bonchev–Trinajstić information content (AvgIpc) is 3.37. The van der Waals surface area contributed by atoms with Crippen molar-refractivity contribution in [3.63, 3.8) is 0 Å². The molecule has 5 nitrogen and oxygen atoms in total. The number of nitrogens with one attached hydrogen (secondary N) is 1. The average molecular weight is 388 g/mol. The molecule has 0 radical (unpaired) electrons. The lowest BCUT2D eigenvalue weighted by molar-refractivity contribution is 0.103. The zero-order chi connectivity index (χ0) is 19.1. The van der Waals surface area contributed by atoms with Gasteiger partial charge in [0.25, 0.3) is 5.91 Å². The molecule has 2 aromatic carbocycles. The molecule has 6 heteroatoms. The van der Waals surface area contributed by atoms with Crippen molar-refractivity contribution >= 4 is 39.7 Å². The first-order valence-corrected chi connectivity index (χ1v) is 10.2. The third kappa shape index (κ3) is 2.96. The summed E-state index contributed by atoms with van der Waals surface area (Å²) in [5.41, 5.74) is 5.26. The maximum atomic E-state index is 12.5. The lowest BCUT2D eigenvalue weighted by Gasteiger charge is -2.30. The molecule has 2 aromatic heterocycles. The number of carbonyl (C=O) groups is 1. The molecular formula is C22H20N4OS. The van der Waals surface area contributed by atoms with Gasteiger partial charge in [-0.05, 0) is 48.2 Å². The third-order valence-electron chi connectivity index (χ3n) is 5.24. The van der Waals surface area contributed by atoms with Crippen molar-refractivity contribution in [1.29, 1.82) is 0 Å². The molecule has 0 saturated heterocycles. The minimum atomic E-state index is -0.0595. The zero-order valence-electron chi connectivity index (χ0n) is 15.6. The van der Waals surface area contributed by atoms with Gasteiger partial charge in [0.1, 0.15) is 5.82 Å². The van der Waals surface area contributed by atoms with E-state index in [1.807, 2.05) is 30.5 Å². The molecule has 3 heterocycles. The summed E-state index contributed by atoms with van der Waals surface area (Å²) < 4.78 is 2.31. The number of nitrogens with zero attached hydrogens (tertiary/aromatic N) is 3. The van der Waals surface area contributed by atoms with E-state index in [0.717, 1.165) is 52.8 Å². The second kappa shape index (κ2) is 6.80. The first-order chi connectivity index (χ1) is 13.7. The number of imidazole rings is 1. The number of anilines is 2. The number of hydrogen-bond donors (Lipinski definition) is 1. The van der Waals surface area contributed by atoms with Gasteiger partial charge in [0.2, 0.25) is 0 Å². The molecule has 4 aromatic rings. The molecule has 1 aliphatic heterocycles. The van der Waals surface area contributed by atoms with E-state index in [-0.39, 0.29) is 5.91 Å². The highest BCUT2D eigenvalue weighted by Gasteiger charge is 2.21. The molecule has 0 atom stereocenters. The van der Waals surface area contributed by atoms with Crippen LogP contribution in [0.1, 0.15) is 21.1 Å². The summed E-state index contributed by atoms with van der Waals surface area (Å²) in [6, 6.07) is 18.3. The highest BCUT2D eigenvalue weighted by molar-refractivity contribution is 7.12. The molecule has 1 amide bonds. The molecule has 1 N–H and O–H groups in total. The van der Waals surface area contributed by atoms with Crippen LogP contribution in [0.15, 0.2) is 60.0 Å². The molecule has 0 spiro atoms. The lowest BCUT2D eigenvalue weighted by atomic mass is 10.1. The minimum absolute atomic E-state index is 0.0595. The number of aromatic nitrogens is 2. The first-order valence-electron chi connectivity index (χ1n) is 9.33. The van der Waals surface area contributed by atoms with Crippen LogP contribution in [0.2, 0.25) is 0 Å². The van der Waals surface area contributed by atoms with Crippen LogP contribution in [-0.4, -0.2) is 22.0 Å². The van der Waals surface area contributed by atoms with E-state index in [4.69, 9.17) is 4.98 Å². The smallest absolute Gasteiger partial charge is 0.265 e. The van der Waals surface area contributed by atoms with E-state index < -0.39 is 0 Å². The van der Waals surface area contributed by atoms with Crippen LogP contribution in [0, 0.1) is 6.92 Å². The van der Waals surface area contributed by atoms with Crippen molar-refractivity contribution < 1.29 is 4.79 Å².